The molecular weight excluding hydrogens is 152 g/mol. The van der Waals surface area contributed by atoms with E-state index in [4.69, 9.17) is 5.11 Å². The van der Waals surface area contributed by atoms with Crippen LogP contribution in [0.25, 0.3) is 0 Å². The van der Waals surface area contributed by atoms with Crippen LogP contribution >= 0.6 is 0 Å². The van der Waals surface area contributed by atoms with Crippen LogP contribution in [0.3, 0.4) is 0 Å². The predicted octanol–water partition coefficient (Wildman–Crippen LogP) is 1.41. The standard InChI is InChI=1S/C7H7F2NO/c1-4(11)5-2-3-6(8)10-7(5)9/h2-4,11H,1H3. The molecule has 1 N–H and O–H groups in total. The Morgan fingerprint density at radius 3 is 2.55 bits per heavy atom. The highest BCUT2D eigenvalue weighted by Crippen LogP contribution is 2.14. The van der Waals surface area contributed by atoms with E-state index >= 15 is 0 Å². The van der Waals surface area contributed by atoms with Gasteiger partial charge in [0.1, 0.15) is 0 Å². The van der Waals surface area contributed by atoms with E-state index in [1.54, 1.807) is 0 Å². The van der Waals surface area contributed by atoms with Crippen LogP contribution in [-0.2, 0) is 0 Å². The minimum atomic E-state index is -0.958. The highest BCUT2D eigenvalue weighted by Gasteiger charge is 2.09. The molecule has 0 saturated carbocycles. The molecule has 1 heterocycles. The molecule has 1 unspecified atom stereocenters. The van der Waals surface area contributed by atoms with Crippen LogP contribution in [0, 0.1) is 11.9 Å². The number of aliphatic hydroxyl groups excluding tert-OH is 1. The number of nitrogens with zero attached hydrogens (tertiary/aromatic N) is 1. The third-order valence-electron chi connectivity index (χ3n) is 1.29. The maximum absolute atomic E-state index is 12.6. The van der Waals surface area contributed by atoms with Gasteiger partial charge in [-0.15, -0.1) is 0 Å². The van der Waals surface area contributed by atoms with Gasteiger partial charge in [0.15, 0.2) is 0 Å². The molecule has 11 heavy (non-hydrogen) atoms. The summed E-state index contributed by atoms with van der Waals surface area (Å²) in [5.41, 5.74) is 0.00593. The first-order chi connectivity index (χ1) is 5.11. The molecule has 0 spiro atoms. The Labute approximate surface area is 62.5 Å². The normalized spacial score (nSPS) is 13.1. The van der Waals surface area contributed by atoms with E-state index in [1.807, 2.05) is 0 Å². The molecule has 1 aromatic heterocycles. The van der Waals surface area contributed by atoms with Crippen molar-refractivity contribution in [3.05, 3.63) is 29.6 Å². The van der Waals surface area contributed by atoms with Gasteiger partial charge in [-0.2, -0.15) is 13.8 Å². The Kier molecular flexibility index (Phi) is 2.14. The molecule has 60 valence electrons. The Balaban J connectivity index is 3.09. The number of rotatable bonds is 1. The SMILES string of the molecule is CC(O)c1ccc(F)nc1F. The van der Waals surface area contributed by atoms with Crippen molar-refractivity contribution in [2.45, 2.75) is 13.0 Å². The number of halogens is 2. The summed E-state index contributed by atoms with van der Waals surface area (Å²) in [5, 5.41) is 8.89. The summed E-state index contributed by atoms with van der Waals surface area (Å²) in [6, 6.07) is 2.17. The maximum Gasteiger partial charge on any atom is 0.221 e. The van der Waals surface area contributed by atoms with Crippen LogP contribution in [-0.4, -0.2) is 10.1 Å². The van der Waals surface area contributed by atoms with Crippen molar-refractivity contribution in [3.8, 4) is 0 Å². The van der Waals surface area contributed by atoms with Gasteiger partial charge in [0.25, 0.3) is 0 Å². The zero-order valence-corrected chi connectivity index (χ0v) is 5.88. The number of hydrogen-bond acceptors (Lipinski definition) is 2. The Bertz CT molecular complexity index is 263. The van der Waals surface area contributed by atoms with E-state index in [9.17, 15) is 8.78 Å². The molecule has 4 heteroatoms. The molecular formula is C7H7F2NO. The number of pyridine rings is 1. The molecule has 0 fully saturated rings. The molecule has 0 aliphatic heterocycles. The van der Waals surface area contributed by atoms with Gasteiger partial charge in [-0.3, -0.25) is 0 Å². The van der Waals surface area contributed by atoms with Gasteiger partial charge in [-0.1, -0.05) is 0 Å². The Hall–Kier alpha value is -1.03. The fourth-order valence-corrected chi connectivity index (χ4v) is 0.735. The topological polar surface area (TPSA) is 33.1 Å². The maximum atomic E-state index is 12.6. The largest absolute Gasteiger partial charge is 0.389 e. The Morgan fingerprint density at radius 1 is 1.45 bits per heavy atom. The van der Waals surface area contributed by atoms with Gasteiger partial charge >= 0.3 is 0 Å². The molecule has 0 amide bonds. The summed E-state index contributed by atoms with van der Waals surface area (Å²) in [5.74, 6) is -1.84. The van der Waals surface area contributed by atoms with E-state index < -0.39 is 18.0 Å². The monoisotopic (exact) mass is 159 g/mol. The third kappa shape index (κ3) is 1.71. The molecule has 2 nitrogen and oxygen atoms in total. The van der Waals surface area contributed by atoms with Crippen molar-refractivity contribution in [1.82, 2.24) is 4.98 Å². The number of aromatic nitrogens is 1. The first kappa shape index (κ1) is 8.07. The second-order valence-corrected chi connectivity index (χ2v) is 2.19. The third-order valence-corrected chi connectivity index (χ3v) is 1.29. The summed E-state index contributed by atoms with van der Waals surface area (Å²) in [4.78, 5) is 2.90. The fourth-order valence-electron chi connectivity index (χ4n) is 0.735. The summed E-state index contributed by atoms with van der Waals surface area (Å²) in [6.45, 7) is 1.39. The lowest BCUT2D eigenvalue weighted by Gasteiger charge is -2.03. The first-order valence-corrected chi connectivity index (χ1v) is 3.11. The smallest absolute Gasteiger partial charge is 0.221 e. The van der Waals surface area contributed by atoms with E-state index in [2.05, 4.69) is 4.98 Å². The van der Waals surface area contributed by atoms with Crippen LogP contribution < -0.4 is 0 Å². The average Bonchev–Trinajstić information content (AvgIpc) is 1.85. The molecule has 1 aromatic rings. The molecule has 0 saturated heterocycles. The fraction of sp³-hybridized carbons (Fsp3) is 0.286. The van der Waals surface area contributed by atoms with Crippen LogP contribution in [0.2, 0.25) is 0 Å². The molecule has 0 aromatic carbocycles. The first-order valence-electron chi connectivity index (χ1n) is 3.11. The predicted molar refractivity (Wildman–Crippen MR) is 34.8 cm³/mol. The Morgan fingerprint density at radius 2 is 2.09 bits per heavy atom. The summed E-state index contributed by atoms with van der Waals surface area (Å²) in [7, 11) is 0. The van der Waals surface area contributed by atoms with Crippen LogP contribution in [0.15, 0.2) is 12.1 Å². The van der Waals surface area contributed by atoms with Gasteiger partial charge in [0.2, 0.25) is 11.9 Å². The molecule has 0 radical (unpaired) electrons. The quantitative estimate of drug-likeness (QED) is 0.628. The lowest BCUT2D eigenvalue weighted by atomic mass is 10.2. The zero-order valence-electron chi connectivity index (χ0n) is 5.88. The van der Waals surface area contributed by atoms with E-state index in [1.165, 1.54) is 13.0 Å². The second kappa shape index (κ2) is 2.92. The number of aliphatic hydroxyl groups is 1. The molecule has 1 atom stereocenters. The van der Waals surface area contributed by atoms with Gasteiger partial charge in [-0.25, -0.2) is 0 Å². The summed E-state index contributed by atoms with van der Waals surface area (Å²) < 4.78 is 24.8. The highest BCUT2D eigenvalue weighted by molar-refractivity contribution is 5.13. The van der Waals surface area contributed by atoms with Crippen molar-refractivity contribution in [1.29, 1.82) is 0 Å². The minimum absolute atomic E-state index is 0.00593. The van der Waals surface area contributed by atoms with Gasteiger partial charge in [0.05, 0.1) is 6.10 Å². The van der Waals surface area contributed by atoms with Crippen molar-refractivity contribution in [2.24, 2.45) is 0 Å². The van der Waals surface area contributed by atoms with E-state index in [0.29, 0.717) is 0 Å². The van der Waals surface area contributed by atoms with Crippen molar-refractivity contribution >= 4 is 0 Å². The zero-order chi connectivity index (χ0) is 8.43. The van der Waals surface area contributed by atoms with Crippen molar-refractivity contribution in [2.75, 3.05) is 0 Å². The van der Waals surface area contributed by atoms with Crippen LogP contribution in [0.4, 0.5) is 8.78 Å². The van der Waals surface area contributed by atoms with Gasteiger partial charge in [-0.05, 0) is 19.1 Å². The molecule has 0 aliphatic carbocycles. The second-order valence-electron chi connectivity index (χ2n) is 2.19. The summed E-state index contributed by atoms with van der Waals surface area (Å²) >= 11 is 0. The summed E-state index contributed by atoms with van der Waals surface area (Å²) in [6.07, 6.45) is -0.955. The average molecular weight is 159 g/mol. The van der Waals surface area contributed by atoms with Crippen LogP contribution in [0.5, 0.6) is 0 Å². The lowest BCUT2D eigenvalue weighted by molar-refractivity contribution is 0.192. The minimum Gasteiger partial charge on any atom is -0.389 e. The van der Waals surface area contributed by atoms with E-state index in [0.717, 1.165) is 6.07 Å². The van der Waals surface area contributed by atoms with E-state index in [-0.39, 0.29) is 5.56 Å². The highest BCUT2D eigenvalue weighted by atomic mass is 19.1. The molecule has 0 aliphatic rings. The molecule has 1 rings (SSSR count). The van der Waals surface area contributed by atoms with Crippen molar-refractivity contribution in [3.63, 3.8) is 0 Å². The van der Waals surface area contributed by atoms with Gasteiger partial charge < -0.3 is 5.11 Å². The number of hydrogen-bond donors (Lipinski definition) is 1. The van der Waals surface area contributed by atoms with Crippen molar-refractivity contribution < 1.29 is 13.9 Å². The van der Waals surface area contributed by atoms with Crippen LogP contribution in [0.1, 0.15) is 18.6 Å². The molecule has 0 bridgehead atoms. The lowest BCUT2D eigenvalue weighted by Crippen LogP contribution is -1.99. The van der Waals surface area contributed by atoms with Gasteiger partial charge in [0, 0.05) is 5.56 Å².